The molecule has 1 aliphatic carbocycles. The molecule has 1 N–H and O–H groups in total. The number of rotatable bonds is 0. The molecule has 64 valence electrons. The highest BCUT2D eigenvalue weighted by Crippen LogP contribution is 2.30. The van der Waals surface area contributed by atoms with E-state index in [1.54, 1.807) is 6.08 Å². The van der Waals surface area contributed by atoms with Crippen LogP contribution in [0.3, 0.4) is 0 Å². The summed E-state index contributed by atoms with van der Waals surface area (Å²) in [6.07, 6.45) is 5.88. The van der Waals surface area contributed by atoms with E-state index in [1.165, 1.54) is 0 Å². The fraction of sp³-hybridized carbons (Fsp3) is 0.444. The lowest BCUT2D eigenvalue weighted by atomic mass is 9.89. The predicted molar refractivity (Wildman–Crippen MR) is 42.0 cm³/mol. The number of fused-ring (bicyclic) bond motifs is 1. The van der Waals surface area contributed by atoms with Gasteiger partial charge in [0.2, 0.25) is 0 Å². The van der Waals surface area contributed by atoms with Gasteiger partial charge in [0.15, 0.2) is 0 Å². The molecule has 3 nitrogen and oxygen atoms in total. The van der Waals surface area contributed by atoms with Crippen molar-refractivity contribution in [3.05, 3.63) is 24.0 Å². The van der Waals surface area contributed by atoms with Gasteiger partial charge in [-0.1, -0.05) is 12.2 Å². The van der Waals surface area contributed by atoms with E-state index in [9.17, 15) is 9.90 Å². The average Bonchev–Trinajstić information content (AvgIpc) is 2.04. The summed E-state index contributed by atoms with van der Waals surface area (Å²) in [7, 11) is 0. The van der Waals surface area contributed by atoms with Crippen molar-refractivity contribution in [1.29, 1.82) is 0 Å². The quantitative estimate of drug-likeness (QED) is 0.540. The zero-order valence-corrected chi connectivity index (χ0v) is 6.56. The summed E-state index contributed by atoms with van der Waals surface area (Å²) in [6, 6.07) is 0. The highest BCUT2D eigenvalue weighted by Gasteiger charge is 2.33. The molecule has 0 bridgehead atoms. The van der Waals surface area contributed by atoms with Crippen LogP contribution in [0.1, 0.15) is 12.8 Å². The minimum absolute atomic E-state index is 0.00676. The zero-order chi connectivity index (χ0) is 8.55. The second-order valence-corrected chi connectivity index (χ2v) is 3.08. The Hall–Kier alpha value is -1.09. The number of aliphatic hydroxyl groups excluding tert-OH is 1. The van der Waals surface area contributed by atoms with Crippen LogP contribution < -0.4 is 0 Å². The van der Waals surface area contributed by atoms with Gasteiger partial charge in [0.1, 0.15) is 5.76 Å². The predicted octanol–water partition coefficient (Wildman–Crippen LogP) is 0.754. The Morgan fingerprint density at radius 1 is 1.58 bits per heavy atom. The van der Waals surface area contributed by atoms with Crippen molar-refractivity contribution in [2.75, 3.05) is 0 Å². The molecule has 1 heterocycles. The molecule has 1 aliphatic heterocycles. The molecule has 2 rings (SSSR count). The minimum Gasteiger partial charge on any atom is -0.431 e. The Balaban J connectivity index is 2.24. The Bertz CT molecular complexity index is 265. The lowest BCUT2D eigenvalue weighted by Crippen LogP contribution is -2.33. The maximum absolute atomic E-state index is 10.9. The number of hydrogen-bond donors (Lipinski definition) is 1. The third kappa shape index (κ3) is 1.16. The van der Waals surface area contributed by atoms with Crippen LogP contribution in [-0.2, 0) is 9.53 Å². The molecule has 2 unspecified atom stereocenters. The molecule has 2 aliphatic rings. The van der Waals surface area contributed by atoms with Crippen molar-refractivity contribution in [2.45, 2.75) is 18.9 Å². The third-order valence-corrected chi connectivity index (χ3v) is 2.22. The van der Waals surface area contributed by atoms with Crippen LogP contribution in [0.25, 0.3) is 0 Å². The van der Waals surface area contributed by atoms with Crippen LogP contribution in [-0.4, -0.2) is 17.2 Å². The zero-order valence-electron chi connectivity index (χ0n) is 6.56. The first-order valence-corrected chi connectivity index (χ1v) is 4.03. The molecule has 0 saturated carbocycles. The monoisotopic (exact) mass is 166 g/mol. The van der Waals surface area contributed by atoms with Gasteiger partial charge in [0.05, 0.1) is 12.5 Å². The number of esters is 1. The number of aliphatic hydroxyl groups is 1. The van der Waals surface area contributed by atoms with Crippen molar-refractivity contribution in [3.8, 4) is 0 Å². The largest absolute Gasteiger partial charge is 0.431 e. The summed E-state index contributed by atoms with van der Waals surface area (Å²) in [5, 5.41) is 9.50. The van der Waals surface area contributed by atoms with Gasteiger partial charge in [0.25, 0.3) is 0 Å². The number of carbonyl (C=O) groups is 1. The maximum atomic E-state index is 10.9. The molecule has 1 fully saturated rings. The van der Waals surface area contributed by atoms with Crippen molar-refractivity contribution in [1.82, 2.24) is 0 Å². The van der Waals surface area contributed by atoms with Crippen LogP contribution in [0.4, 0.5) is 0 Å². The smallest absolute Gasteiger partial charge is 0.313 e. The Kier molecular flexibility index (Phi) is 1.73. The first kappa shape index (κ1) is 7.55. The van der Waals surface area contributed by atoms with E-state index in [-0.39, 0.29) is 18.3 Å². The lowest BCUT2D eigenvalue weighted by Gasteiger charge is -2.29. The summed E-state index contributed by atoms with van der Waals surface area (Å²) in [5.41, 5.74) is 0. The molecule has 0 radical (unpaired) electrons. The van der Waals surface area contributed by atoms with E-state index in [0.717, 1.165) is 6.42 Å². The van der Waals surface area contributed by atoms with Crippen molar-refractivity contribution >= 4 is 5.97 Å². The van der Waals surface area contributed by atoms with Crippen LogP contribution in [0.15, 0.2) is 24.0 Å². The van der Waals surface area contributed by atoms with Gasteiger partial charge in [-0.2, -0.15) is 0 Å². The van der Waals surface area contributed by atoms with Crippen LogP contribution in [0, 0.1) is 5.92 Å². The van der Waals surface area contributed by atoms with Crippen molar-refractivity contribution in [2.24, 2.45) is 5.92 Å². The summed E-state index contributed by atoms with van der Waals surface area (Å²) in [4.78, 5) is 10.9. The maximum Gasteiger partial charge on any atom is 0.313 e. The molecule has 3 heteroatoms. The van der Waals surface area contributed by atoms with Gasteiger partial charge >= 0.3 is 5.97 Å². The van der Waals surface area contributed by atoms with Crippen LogP contribution in [0.2, 0.25) is 0 Å². The lowest BCUT2D eigenvalue weighted by molar-refractivity contribution is -0.148. The summed E-state index contributed by atoms with van der Waals surface area (Å²) < 4.78 is 4.97. The molecular weight excluding hydrogens is 156 g/mol. The molecular formula is C9H10O3. The van der Waals surface area contributed by atoms with Gasteiger partial charge in [-0.15, -0.1) is 0 Å². The highest BCUT2D eigenvalue weighted by molar-refractivity contribution is 5.72. The SMILES string of the molecule is O=C1CC(O)C2CC=CC=C2O1. The van der Waals surface area contributed by atoms with E-state index < -0.39 is 6.10 Å². The molecule has 0 aromatic heterocycles. The Morgan fingerprint density at radius 2 is 2.42 bits per heavy atom. The van der Waals surface area contributed by atoms with Gasteiger partial charge in [0, 0.05) is 5.92 Å². The van der Waals surface area contributed by atoms with E-state index >= 15 is 0 Å². The van der Waals surface area contributed by atoms with Gasteiger partial charge in [-0.25, -0.2) is 0 Å². The first-order valence-electron chi connectivity index (χ1n) is 4.03. The topological polar surface area (TPSA) is 46.5 Å². The van der Waals surface area contributed by atoms with E-state index in [0.29, 0.717) is 5.76 Å². The molecule has 0 aromatic carbocycles. The second kappa shape index (κ2) is 2.75. The summed E-state index contributed by atoms with van der Waals surface area (Å²) in [6.45, 7) is 0. The molecule has 0 aromatic rings. The van der Waals surface area contributed by atoms with Gasteiger partial charge in [-0.3, -0.25) is 4.79 Å². The molecule has 12 heavy (non-hydrogen) atoms. The van der Waals surface area contributed by atoms with E-state index in [4.69, 9.17) is 4.74 Å². The normalized spacial score (nSPS) is 33.8. The van der Waals surface area contributed by atoms with Crippen molar-refractivity contribution < 1.29 is 14.6 Å². The first-order chi connectivity index (χ1) is 5.77. The second-order valence-electron chi connectivity index (χ2n) is 3.08. The number of allylic oxidation sites excluding steroid dienone is 3. The Labute approximate surface area is 70.3 Å². The summed E-state index contributed by atoms with van der Waals surface area (Å²) >= 11 is 0. The summed E-state index contributed by atoms with van der Waals surface area (Å²) in [5.74, 6) is 0.272. The van der Waals surface area contributed by atoms with Crippen LogP contribution >= 0.6 is 0 Å². The van der Waals surface area contributed by atoms with Gasteiger partial charge < -0.3 is 9.84 Å². The third-order valence-electron chi connectivity index (χ3n) is 2.22. The minimum atomic E-state index is -0.567. The highest BCUT2D eigenvalue weighted by atomic mass is 16.5. The average molecular weight is 166 g/mol. The Morgan fingerprint density at radius 3 is 3.25 bits per heavy atom. The molecule has 2 atom stereocenters. The number of ether oxygens (including phenoxy) is 1. The molecule has 0 spiro atoms. The van der Waals surface area contributed by atoms with E-state index in [1.807, 2.05) is 12.2 Å². The molecule has 0 amide bonds. The fourth-order valence-corrected chi connectivity index (χ4v) is 1.57. The number of hydrogen-bond acceptors (Lipinski definition) is 3. The van der Waals surface area contributed by atoms with Crippen LogP contribution in [0.5, 0.6) is 0 Å². The fourth-order valence-electron chi connectivity index (χ4n) is 1.57. The van der Waals surface area contributed by atoms with Gasteiger partial charge in [-0.05, 0) is 12.5 Å². The standard InChI is InChI=1S/C9H10O3/c10-7-5-9(11)12-8-4-2-1-3-6(7)8/h1-2,4,6-7,10H,3,5H2. The number of carbonyl (C=O) groups excluding carboxylic acids is 1. The van der Waals surface area contributed by atoms with E-state index in [2.05, 4.69) is 0 Å². The molecule has 1 saturated heterocycles. The van der Waals surface area contributed by atoms with Crippen molar-refractivity contribution in [3.63, 3.8) is 0 Å².